The van der Waals surface area contributed by atoms with Crippen LogP contribution in [0.3, 0.4) is 0 Å². The first-order valence-electron chi connectivity index (χ1n) is 13.5. The van der Waals surface area contributed by atoms with Crippen LogP contribution in [0.5, 0.6) is 0 Å². The van der Waals surface area contributed by atoms with Crippen molar-refractivity contribution < 1.29 is 36.1 Å². The molecule has 0 heterocycles. The van der Waals surface area contributed by atoms with Crippen LogP contribution in [0.2, 0.25) is 0 Å². The summed E-state index contributed by atoms with van der Waals surface area (Å²) in [7, 11) is 0. The van der Waals surface area contributed by atoms with Crippen LogP contribution in [-0.4, -0.2) is 11.9 Å². The van der Waals surface area contributed by atoms with Gasteiger partial charge in [-0.3, -0.25) is 0 Å². The molecule has 0 radical (unpaired) electrons. The Kier molecular flexibility index (Phi) is 7.72. The molecule has 5 heteroatoms. The van der Waals surface area contributed by atoms with Crippen molar-refractivity contribution in [1.82, 2.24) is 0 Å². The summed E-state index contributed by atoms with van der Waals surface area (Å²) in [5, 5.41) is 0. The fraction of sp³-hybridized carbons (Fsp3) is 0.353. The number of hydrogen-bond acceptors (Lipinski definition) is 4. The zero-order valence-electron chi connectivity index (χ0n) is 24.9. The van der Waals surface area contributed by atoms with Crippen LogP contribution in [0.15, 0.2) is 101 Å². The Bertz CT molecular complexity index is 1350. The predicted octanol–water partition coefficient (Wildman–Crippen LogP) is 8.98. The maximum atomic E-state index is 14.0. The Hall–Kier alpha value is -2.79. The van der Waals surface area contributed by atoms with Gasteiger partial charge in [-0.15, -0.1) is 0 Å². The average Bonchev–Trinajstić information content (AvgIpc) is 3.16. The van der Waals surface area contributed by atoms with Gasteiger partial charge >= 0.3 is 240 Å². The molecule has 0 aromatic heterocycles. The number of carbonyl (C=O) groups is 2. The fourth-order valence-electron chi connectivity index (χ4n) is 6.38. The van der Waals surface area contributed by atoms with Crippen molar-refractivity contribution >= 4 is 11.9 Å². The first-order chi connectivity index (χ1) is 18.2. The van der Waals surface area contributed by atoms with Gasteiger partial charge < -0.3 is 0 Å². The van der Waals surface area contributed by atoms with Crippen LogP contribution in [0.25, 0.3) is 0 Å². The van der Waals surface area contributed by atoms with Gasteiger partial charge in [-0.25, -0.2) is 0 Å². The third-order valence-electron chi connectivity index (χ3n) is 9.28. The van der Waals surface area contributed by atoms with E-state index in [-0.39, 0.29) is 0 Å². The molecule has 0 amide bonds. The van der Waals surface area contributed by atoms with Gasteiger partial charge in [-0.1, -0.05) is 0 Å². The van der Waals surface area contributed by atoms with E-state index in [0.29, 0.717) is 11.1 Å². The van der Waals surface area contributed by atoms with Gasteiger partial charge in [0.05, 0.1) is 0 Å². The fourth-order valence-corrected chi connectivity index (χ4v) is 23.8. The second-order valence-electron chi connectivity index (χ2n) is 11.9. The monoisotopic (exact) mass is 692 g/mol. The van der Waals surface area contributed by atoms with Gasteiger partial charge in [-0.2, -0.15) is 0 Å². The second kappa shape index (κ2) is 10.3. The molecule has 0 fully saturated rings. The molecule has 2 aliphatic carbocycles. The van der Waals surface area contributed by atoms with E-state index in [1.165, 1.54) is 22.3 Å². The van der Waals surface area contributed by atoms with E-state index in [9.17, 15) is 9.59 Å². The molecule has 0 aliphatic heterocycles. The molecule has 0 atom stereocenters. The summed E-state index contributed by atoms with van der Waals surface area (Å²) in [5.41, 5.74) is 6.89. The molecule has 39 heavy (non-hydrogen) atoms. The summed E-state index contributed by atoms with van der Waals surface area (Å²) < 4.78 is 15.7. The van der Waals surface area contributed by atoms with E-state index >= 15 is 0 Å². The van der Waals surface area contributed by atoms with Gasteiger partial charge in [0.1, 0.15) is 0 Å². The number of rotatable bonds is 6. The summed E-state index contributed by atoms with van der Waals surface area (Å²) in [4.78, 5) is 28.0. The average molecular weight is 691 g/mol. The summed E-state index contributed by atoms with van der Waals surface area (Å²) in [6.07, 6.45) is 0. The van der Waals surface area contributed by atoms with Crippen LogP contribution in [0, 0.1) is 10.8 Å². The van der Waals surface area contributed by atoms with E-state index in [2.05, 4.69) is 69.2 Å². The number of hydrogen-bond donors (Lipinski definition) is 0. The van der Waals surface area contributed by atoms with Crippen LogP contribution >= 0.6 is 0 Å². The van der Waals surface area contributed by atoms with Crippen molar-refractivity contribution in [3.05, 3.63) is 112 Å². The van der Waals surface area contributed by atoms with E-state index in [0.717, 1.165) is 17.8 Å². The Morgan fingerprint density at radius 2 is 0.846 bits per heavy atom. The van der Waals surface area contributed by atoms with Crippen LogP contribution in [0.4, 0.5) is 0 Å². The first kappa shape index (κ1) is 29.2. The van der Waals surface area contributed by atoms with E-state index < -0.39 is 43.6 Å². The van der Waals surface area contributed by atoms with E-state index in [4.69, 9.17) is 5.71 Å². The zero-order valence-corrected chi connectivity index (χ0v) is 28.5. The number of carbonyl (C=O) groups excluding carboxylic acids is 2. The Morgan fingerprint density at radius 1 is 0.538 bits per heavy atom. The maximum absolute atomic E-state index is 14.0. The summed E-state index contributed by atoms with van der Waals surface area (Å²) >= 11 is -5.35. The molecule has 0 saturated heterocycles. The van der Waals surface area contributed by atoms with Crippen molar-refractivity contribution in [1.29, 1.82) is 0 Å². The standard InChI is InChI=1S/2C10H15.2C7H6O2.Hf/c2*1-7-6-10(4,5)9(3)8(7)2;2*8-7(9)6-4-2-1-3-5-6;/h2*1-5H3;2*1-5H,(H,8,9);/q;;;;+2/p-2. The molecule has 0 bridgehead atoms. The van der Waals surface area contributed by atoms with Crippen molar-refractivity contribution in [3.8, 4) is 0 Å². The Balaban J connectivity index is 2.08. The molecule has 2 aliphatic rings. The molecule has 2 aromatic rings. The molecule has 0 spiro atoms. The normalized spacial score (nSPS) is 18.7. The molecule has 204 valence electrons. The molecule has 0 unspecified atom stereocenters. The van der Waals surface area contributed by atoms with Gasteiger partial charge in [0.25, 0.3) is 0 Å². The number of allylic oxidation sites excluding steroid dienone is 8. The second-order valence-corrected chi connectivity index (χ2v) is 21.4. The molecule has 4 nitrogen and oxygen atoms in total. The molecular formula is C34H40HfO4. The third kappa shape index (κ3) is 4.67. The molecule has 4 rings (SSSR count). The summed E-state index contributed by atoms with van der Waals surface area (Å²) in [5.74, 6) is -0.899. The van der Waals surface area contributed by atoms with Crippen LogP contribution in [-0.2, 0) is 26.6 Å². The minimum absolute atomic E-state index is 0.447. The molecule has 2 aromatic carbocycles. The topological polar surface area (TPSA) is 52.6 Å². The van der Waals surface area contributed by atoms with Gasteiger partial charge in [0.15, 0.2) is 0 Å². The molecular weight excluding hydrogens is 651 g/mol. The van der Waals surface area contributed by atoms with Crippen molar-refractivity contribution in [2.45, 2.75) is 69.2 Å². The van der Waals surface area contributed by atoms with Gasteiger partial charge in [-0.05, 0) is 0 Å². The van der Waals surface area contributed by atoms with Crippen molar-refractivity contribution in [2.24, 2.45) is 10.8 Å². The zero-order chi connectivity index (χ0) is 28.9. The minimum atomic E-state index is -5.35. The molecule has 0 N–H and O–H groups in total. The number of benzene rings is 2. The summed E-state index contributed by atoms with van der Waals surface area (Å²) in [6, 6.07) is 18.1. The van der Waals surface area contributed by atoms with Crippen molar-refractivity contribution in [2.75, 3.05) is 0 Å². The van der Waals surface area contributed by atoms with Gasteiger partial charge in [0, 0.05) is 0 Å². The molecule has 0 saturated carbocycles. The van der Waals surface area contributed by atoms with Crippen LogP contribution in [0.1, 0.15) is 90.0 Å². The van der Waals surface area contributed by atoms with Crippen LogP contribution < -0.4 is 0 Å². The quantitative estimate of drug-likeness (QED) is 0.284. The van der Waals surface area contributed by atoms with E-state index in [1.54, 1.807) is 24.3 Å². The van der Waals surface area contributed by atoms with Crippen molar-refractivity contribution in [3.63, 3.8) is 0 Å². The summed E-state index contributed by atoms with van der Waals surface area (Å²) in [6.45, 7) is 21.4. The van der Waals surface area contributed by atoms with Gasteiger partial charge in [0.2, 0.25) is 0 Å². The SMILES string of the molecule is CC1=C(C)C(C)(C)[C]([Hf]([O]C(=O)c2ccccc2)([O]C(=O)c2ccccc2)[C]2=C(C)C(C)=C(C)C2(C)C)=C1C. The Labute approximate surface area is 239 Å². The van der Waals surface area contributed by atoms with E-state index in [1.807, 2.05) is 36.4 Å². The third-order valence-corrected chi connectivity index (χ3v) is 24.6. The Morgan fingerprint density at radius 3 is 1.10 bits per heavy atom. The first-order valence-corrected chi connectivity index (χ1v) is 20.1. The predicted molar refractivity (Wildman–Crippen MR) is 153 cm³/mol.